The van der Waals surface area contributed by atoms with E-state index in [0.717, 1.165) is 42.5 Å². The first-order chi connectivity index (χ1) is 11.5. The van der Waals surface area contributed by atoms with Crippen molar-refractivity contribution in [1.82, 2.24) is 15.5 Å². The largest absolute Gasteiger partial charge is 0.349 e. The number of carbonyl (C=O) groups is 2. The first-order valence-electron chi connectivity index (χ1n) is 8.54. The summed E-state index contributed by atoms with van der Waals surface area (Å²) in [5.74, 6) is -0.0208. The smallest absolute Gasteiger partial charge is 0.225 e. The molecular formula is C18H26BrN3O2. The normalized spacial score (nSPS) is 18.2. The monoisotopic (exact) mass is 395 g/mol. The van der Waals surface area contributed by atoms with Gasteiger partial charge < -0.3 is 15.5 Å². The van der Waals surface area contributed by atoms with Crippen LogP contribution in [-0.2, 0) is 9.59 Å². The molecular weight excluding hydrogens is 370 g/mol. The molecule has 1 saturated heterocycles. The van der Waals surface area contributed by atoms with Gasteiger partial charge in [0.05, 0.1) is 12.5 Å². The second kappa shape index (κ2) is 9.18. The molecule has 24 heavy (non-hydrogen) atoms. The van der Waals surface area contributed by atoms with Crippen LogP contribution in [-0.4, -0.2) is 42.4 Å². The van der Waals surface area contributed by atoms with Crippen LogP contribution in [0.2, 0.25) is 0 Å². The second-order valence-corrected chi connectivity index (χ2v) is 7.16. The van der Waals surface area contributed by atoms with Crippen molar-refractivity contribution in [2.45, 2.75) is 45.2 Å². The number of amides is 2. The van der Waals surface area contributed by atoms with Crippen LogP contribution < -0.4 is 10.6 Å². The third-order valence-corrected chi connectivity index (χ3v) is 4.82. The van der Waals surface area contributed by atoms with Crippen LogP contribution in [0.4, 0.5) is 0 Å². The van der Waals surface area contributed by atoms with Gasteiger partial charge >= 0.3 is 0 Å². The fourth-order valence-corrected chi connectivity index (χ4v) is 3.41. The van der Waals surface area contributed by atoms with E-state index in [0.29, 0.717) is 0 Å². The van der Waals surface area contributed by atoms with Crippen LogP contribution in [0.15, 0.2) is 28.7 Å². The molecule has 0 radical (unpaired) electrons. The van der Waals surface area contributed by atoms with E-state index in [9.17, 15) is 9.59 Å². The number of hydrogen-bond acceptors (Lipinski definition) is 3. The zero-order chi connectivity index (χ0) is 17.5. The first kappa shape index (κ1) is 18.9. The number of hydrogen-bond donors (Lipinski definition) is 2. The summed E-state index contributed by atoms with van der Waals surface area (Å²) in [4.78, 5) is 26.4. The van der Waals surface area contributed by atoms with E-state index in [1.54, 1.807) is 0 Å². The minimum atomic E-state index is -0.295. The van der Waals surface area contributed by atoms with E-state index >= 15 is 0 Å². The fourth-order valence-electron chi connectivity index (χ4n) is 3.14. The maximum atomic E-state index is 12.9. The molecule has 132 valence electrons. The van der Waals surface area contributed by atoms with Gasteiger partial charge in [0, 0.05) is 30.5 Å². The molecule has 5 nitrogen and oxygen atoms in total. The molecule has 2 N–H and O–H groups in total. The number of benzene rings is 1. The Labute approximate surface area is 152 Å². The maximum Gasteiger partial charge on any atom is 0.225 e. The maximum absolute atomic E-state index is 12.9. The average molecular weight is 396 g/mol. The standard InChI is InChI=1S/C18H26BrN3O2/c1-3-10-22(16-8-9-20-12-16)18(24)11-17(21-13(2)23)14-4-6-15(19)7-5-14/h4-7,16-17,20H,3,8-12H2,1-2H3,(H,21,23). The Balaban J connectivity index is 2.12. The van der Waals surface area contributed by atoms with Crippen molar-refractivity contribution in [3.8, 4) is 0 Å². The summed E-state index contributed by atoms with van der Waals surface area (Å²) in [5, 5.41) is 6.24. The topological polar surface area (TPSA) is 61.4 Å². The van der Waals surface area contributed by atoms with Crippen LogP contribution in [0.1, 0.15) is 44.7 Å². The van der Waals surface area contributed by atoms with Gasteiger partial charge in [-0.25, -0.2) is 0 Å². The molecule has 2 unspecified atom stereocenters. The van der Waals surface area contributed by atoms with E-state index < -0.39 is 0 Å². The minimum absolute atomic E-state index is 0.104. The van der Waals surface area contributed by atoms with E-state index in [2.05, 4.69) is 33.5 Å². The predicted molar refractivity (Wildman–Crippen MR) is 98.6 cm³/mol. The molecule has 0 spiro atoms. The van der Waals surface area contributed by atoms with E-state index in [1.807, 2.05) is 29.2 Å². The van der Waals surface area contributed by atoms with E-state index in [4.69, 9.17) is 0 Å². The molecule has 2 rings (SSSR count). The van der Waals surface area contributed by atoms with Crippen LogP contribution >= 0.6 is 15.9 Å². The molecule has 0 aromatic heterocycles. The van der Waals surface area contributed by atoms with Crippen LogP contribution in [0.3, 0.4) is 0 Å². The molecule has 1 aliphatic rings. The molecule has 0 saturated carbocycles. The van der Waals surface area contributed by atoms with Crippen molar-refractivity contribution >= 4 is 27.7 Å². The lowest BCUT2D eigenvalue weighted by Gasteiger charge is -2.30. The molecule has 1 aromatic carbocycles. The Morgan fingerprint density at radius 1 is 1.38 bits per heavy atom. The summed E-state index contributed by atoms with van der Waals surface area (Å²) in [6.45, 7) is 6.15. The summed E-state index contributed by atoms with van der Waals surface area (Å²) >= 11 is 3.42. The third kappa shape index (κ3) is 5.31. The lowest BCUT2D eigenvalue weighted by Crippen LogP contribution is -2.43. The Kier molecular flexibility index (Phi) is 7.24. The summed E-state index contributed by atoms with van der Waals surface area (Å²) in [7, 11) is 0. The quantitative estimate of drug-likeness (QED) is 0.745. The molecule has 0 bridgehead atoms. The third-order valence-electron chi connectivity index (χ3n) is 4.29. The molecule has 0 aliphatic carbocycles. The average Bonchev–Trinajstić information content (AvgIpc) is 3.06. The highest BCUT2D eigenvalue weighted by Crippen LogP contribution is 2.22. The van der Waals surface area contributed by atoms with Crippen LogP contribution in [0.5, 0.6) is 0 Å². The summed E-state index contributed by atoms with van der Waals surface area (Å²) < 4.78 is 0.976. The molecule has 2 atom stereocenters. The number of carbonyl (C=O) groups excluding carboxylic acids is 2. The predicted octanol–water partition coefficient (Wildman–Crippen LogP) is 2.62. The number of nitrogens with zero attached hydrogens (tertiary/aromatic N) is 1. The van der Waals surface area contributed by atoms with E-state index in [1.165, 1.54) is 6.92 Å². The van der Waals surface area contributed by atoms with Gasteiger partial charge in [0.1, 0.15) is 0 Å². The molecule has 6 heteroatoms. The van der Waals surface area contributed by atoms with Crippen molar-refractivity contribution in [3.63, 3.8) is 0 Å². The number of halogens is 1. The molecule has 1 aliphatic heterocycles. The lowest BCUT2D eigenvalue weighted by atomic mass is 10.0. The van der Waals surface area contributed by atoms with Gasteiger partial charge in [0.2, 0.25) is 11.8 Å². The Hall–Kier alpha value is -1.40. The molecule has 1 heterocycles. The lowest BCUT2D eigenvalue weighted by molar-refractivity contribution is -0.134. The van der Waals surface area contributed by atoms with Gasteiger partial charge in [-0.15, -0.1) is 0 Å². The Morgan fingerprint density at radius 3 is 2.62 bits per heavy atom. The highest BCUT2D eigenvalue weighted by molar-refractivity contribution is 9.10. The van der Waals surface area contributed by atoms with Gasteiger partial charge in [-0.05, 0) is 37.1 Å². The van der Waals surface area contributed by atoms with Crippen molar-refractivity contribution in [3.05, 3.63) is 34.3 Å². The zero-order valence-corrected chi connectivity index (χ0v) is 15.9. The molecule has 2 amide bonds. The number of nitrogens with one attached hydrogen (secondary N) is 2. The summed E-state index contributed by atoms with van der Waals surface area (Å²) in [5.41, 5.74) is 0.947. The van der Waals surface area contributed by atoms with Crippen LogP contribution in [0.25, 0.3) is 0 Å². The SMILES string of the molecule is CCCN(C(=O)CC(NC(C)=O)c1ccc(Br)cc1)C1CCNC1. The van der Waals surface area contributed by atoms with Crippen molar-refractivity contribution < 1.29 is 9.59 Å². The molecule has 1 fully saturated rings. The van der Waals surface area contributed by atoms with Gasteiger partial charge in [-0.1, -0.05) is 35.0 Å². The Morgan fingerprint density at radius 2 is 2.08 bits per heavy atom. The van der Waals surface area contributed by atoms with Crippen molar-refractivity contribution in [2.24, 2.45) is 0 Å². The zero-order valence-electron chi connectivity index (χ0n) is 14.3. The highest BCUT2D eigenvalue weighted by atomic mass is 79.9. The first-order valence-corrected chi connectivity index (χ1v) is 9.33. The minimum Gasteiger partial charge on any atom is -0.349 e. The van der Waals surface area contributed by atoms with Crippen molar-refractivity contribution in [1.29, 1.82) is 0 Å². The van der Waals surface area contributed by atoms with Gasteiger partial charge in [-0.3, -0.25) is 9.59 Å². The molecule has 1 aromatic rings. The summed E-state index contributed by atoms with van der Waals surface area (Å²) in [6.07, 6.45) is 2.22. The summed E-state index contributed by atoms with van der Waals surface area (Å²) in [6, 6.07) is 7.72. The van der Waals surface area contributed by atoms with E-state index in [-0.39, 0.29) is 30.3 Å². The van der Waals surface area contributed by atoms with Gasteiger partial charge in [0.15, 0.2) is 0 Å². The number of rotatable bonds is 7. The van der Waals surface area contributed by atoms with Gasteiger partial charge in [0.25, 0.3) is 0 Å². The van der Waals surface area contributed by atoms with Crippen molar-refractivity contribution in [2.75, 3.05) is 19.6 Å². The second-order valence-electron chi connectivity index (χ2n) is 6.24. The van der Waals surface area contributed by atoms with Crippen LogP contribution in [0, 0.1) is 0 Å². The Bertz CT molecular complexity index is 556. The fraction of sp³-hybridized carbons (Fsp3) is 0.556. The van der Waals surface area contributed by atoms with Gasteiger partial charge in [-0.2, -0.15) is 0 Å². The highest BCUT2D eigenvalue weighted by Gasteiger charge is 2.28.